The van der Waals surface area contributed by atoms with Crippen LogP contribution in [-0.4, -0.2) is 112 Å². The van der Waals surface area contributed by atoms with Crippen molar-refractivity contribution in [3.05, 3.63) is 71.8 Å². The Morgan fingerprint density at radius 2 is 0.976 bits per heavy atom. The van der Waals surface area contributed by atoms with E-state index in [1.807, 2.05) is 12.1 Å². The van der Waals surface area contributed by atoms with Gasteiger partial charge in [0.2, 0.25) is 17.7 Å². The van der Waals surface area contributed by atoms with Crippen LogP contribution in [0.15, 0.2) is 60.7 Å². The molecule has 2 aromatic rings. The van der Waals surface area contributed by atoms with Gasteiger partial charge in [-0.3, -0.25) is 19.2 Å². The van der Waals surface area contributed by atoms with Gasteiger partial charge in [0.25, 0.3) is 0 Å². The lowest BCUT2D eigenvalue weighted by molar-refractivity contribution is -0.210. The number of rotatable bonds is 23. The number of hydrogen-bond acceptors (Lipinski definition) is 10. The minimum atomic E-state index is -0.777. The summed E-state index contributed by atoms with van der Waals surface area (Å²) in [5.74, 6) is 1.55. The second kappa shape index (κ2) is 26.4. The molecule has 10 rings (SSSR count). The van der Waals surface area contributed by atoms with Gasteiger partial charge in [-0.15, -0.1) is 0 Å². The van der Waals surface area contributed by atoms with Crippen molar-refractivity contribution in [2.45, 2.75) is 219 Å². The predicted octanol–water partition coefficient (Wildman–Crippen LogP) is 10.2. The van der Waals surface area contributed by atoms with Crippen LogP contribution in [0, 0.1) is 92.7 Å². The van der Waals surface area contributed by atoms with Gasteiger partial charge < -0.3 is 51.0 Å². The molecule has 14 heteroatoms. The summed E-state index contributed by atoms with van der Waals surface area (Å²) in [5, 5.41) is 66.4. The van der Waals surface area contributed by atoms with E-state index in [0.29, 0.717) is 64.3 Å². The molecule has 0 saturated heterocycles. The summed E-state index contributed by atoms with van der Waals surface area (Å²) in [5.41, 5.74) is 1.68. The predicted molar refractivity (Wildman–Crippen MR) is 323 cm³/mol. The summed E-state index contributed by atoms with van der Waals surface area (Å²) in [6.07, 6.45) is 13.2. The van der Waals surface area contributed by atoms with Crippen LogP contribution in [0.4, 0.5) is 0 Å². The lowest BCUT2D eigenvalue weighted by atomic mass is 9.43. The molecule has 0 aliphatic heterocycles. The molecule has 2 aromatic carbocycles. The molecule has 8 aliphatic rings. The third kappa shape index (κ3) is 12.6. The fourth-order valence-electron chi connectivity index (χ4n) is 20.9. The molecule has 0 bridgehead atoms. The quantitative estimate of drug-likeness (QED) is 0.0489. The summed E-state index contributed by atoms with van der Waals surface area (Å²) in [7, 11) is 0. The molecule has 0 radical (unpaired) electrons. The normalized spacial score (nSPS) is 40.2. The molecule has 22 atom stereocenters. The van der Waals surface area contributed by atoms with Crippen LogP contribution in [0.25, 0.3) is 0 Å². The van der Waals surface area contributed by atoms with Crippen LogP contribution < -0.4 is 16.0 Å². The Morgan fingerprint density at radius 1 is 0.536 bits per heavy atom. The molecular formula is C70H105N3O11. The van der Waals surface area contributed by atoms with Crippen LogP contribution in [0.5, 0.6) is 0 Å². The van der Waals surface area contributed by atoms with Crippen LogP contribution >= 0.6 is 0 Å². The lowest BCUT2D eigenvalue weighted by Gasteiger charge is -2.63. The first kappa shape index (κ1) is 63.1. The van der Waals surface area contributed by atoms with Crippen molar-refractivity contribution in [2.24, 2.45) is 92.7 Å². The second-order valence-corrected chi connectivity index (χ2v) is 29.5. The van der Waals surface area contributed by atoms with Crippen molar-refractivity contribution < 1.29 is 54.2 Å². The third-order valence-electron chi connectivity index (χ3n) is 25.5. The molecule has 0 spiro atoms. The van der Waals surface area contributed by atoms with Gasteiger partial charge in [0.1, 0.15) is 6.10 Å². The van der Waals surface area contributed by atoms with Gasteiger partial charge in [-0.05, 0) is 213 Å². The summed E-state index contributed by atoms with van der Waals surface area (Å²) >= 11 is 0. The number of carbonyl (C=O) groups is 4. The number of benzene rings is 2. The monoisotopic (exact) mass is 1160 g/mol. The summed E-state index contributed by atoms with van der Waals surface area (Å²) in [4.78, 5) is 49.9. The van der Waals surface area contributed by atoms with Crippen LogP contribution in [0.3, 0.4) is 0 Å². The smallest absolute Gasteiger partial charge is 0.303 e. The van der Waals surface area contributed by atoms with Gasteiger partial charge >= 0.3 is 5.97 Å². The molecule has 466 valence electrons. The molecule has 3 amide bonds. The molecule has 14 nitrogen and oxygen atoms in total. The maximum absolute atomic E-state index is 13.1. The average Bonchev–Trinajstić information content (AvgIpc) is 1.45. The molecule has 0 aromatic heterocycles. The van der Waals surface area contributed by atoms with Crippen LogP contribution in [-0.2, 0) is 28.7 Å². The number of ether oxygens (including phenoxy) is 2. The lowest BCUT2D eigenvalue weighted by Crippen LogP contribution is -2.62. The zero-order chi connectivity index (χ0) is 59.7. The highest BCUT2D eigenvalue weighted by atomic mass is 16.5. The maximum Gasteiger partial charge on any atom is 0.303 e. The van der Waals surface area contributed by atoms with Crippen LogP contribution in [0.2, 0.25) is 0 Å². The van der Waals surface area contributed by atoms with Gasteiger partial charge in [0, 0.05) is 45.3 Å². The van der Waals surface area contributed by atoms with Crippen molar-refractivity contribution in [1.82, 2.24) is 16.0 Å². The van der Waals surface area contributed by atoms with E-state index in [4.69, 9.17) is 9.47 Å². The fraction of sp³-hybridized carbons (Fsp3) is 0.771. The van der Waals surface area contributed by atoms with Gasteiger partial charge in [0.05, 0.1) is 43.2 Å². The number of carbonyl (C=O) groups excluding carboxylic acids is 3. The standard InChI is InChI=1S/C70H105N3O11/c1-42(50-20-22-52-65-55(41-58(76)69(50,52)5)68(4)31-29-49(37-47(68)39-57(65)75)84-66(44-14-9-7-10-15-44)45-16-11-8-12-17-45)18-24-60(78)71-32-13-33-72-61(79)25-26-62(80)73-34-35-83-48-28-30-67(3)46(36-48)38-56(74)64-53-23-21-51(43(2)19-27-63(81)82)70(53,6)59(77)40-54(64)67/h7-12,14-17,42-43,46-59,64-66,74-77H,13,18-41H2,1-6H3,(H,71,78)(H,72,79)(H,73,80)(H,81,82)/t42?,43?,46-,47-,48-,49+,50?,51?,52-,53-,54-,55-,56+,57+,58-,59-,64-,65-,67-,68-,69+,70+/m0/s1. The van der Waals surface area contributed by atoms with E-state index in [-0.39, 0.29) is 142 Å². The highest BCUT2D eigenvalue weighted by Gasteiger charge is 2.68. The Morgan fingerprint density at radius 3 is 1.46 bits per heavy atom. The molecule has 4 unspecified atom stereocenters. The topological polar surface area (TPSA) is 224 Å². The molecule has 8 aliphatic carbocycles. The Hall–Kier alpha value is -3.92. The van der Waals surface area contributed by atoms with Crippen LogP contribution in [0.1, 0.15) is 194 Å². The first-order chi connectivity index (χ1) is 40.2. The minimum Gasteiger partial charge on any atom is -0.481 e. The fourth-order valence-corrected chi connectivity index (χ4v) is 20.9. The third-order valence-corrected chi connectivity index (χ3v) is 25.5. The molecular weight excluding hydrogens is 1060 g/mol. The van der Waals surface area contributed by atoms with Gasteiger partial charge in [0.15, 0.2) is 0 Å². The van der Waals surface area contributed by atoms with Crippen molar-refractivity contribution in [2.75, 3.05) is 26.2 Å². The van der Waals surface area contributed by atoms with E-state index in [1.165, 1.54) is 0 Å². The van der Waals surface area contributed by atoms with Crippen molar-refractivity contribution in [3.63, 3.8) is 0 Å². The Kier molecular flexibility index (Phi) is 19.9. The Labute approximate surface area is 501 Å². The van der Waals surface area contributed by atoms with E-state index in [9.17, 15) is 44.7 Å². The van der Waals surface area contributed by atoms with E-state index < -0.39 is 30.4 Å². The number of fused-ring (bicyclic) bond motifs is 10. The van der Waals surface area contributed by atoms with Gasteiger partial charge in [-0.1, -0.05) is 102 Å². The van der Waals surface area contributed by atoms with Crippen molar-refractivity contribution in [1.29, 1.82) is 0 Å². The average molecular weight is 1160 g/mol. The SMILES string of the molecule is CC(CCC(=O)O)C1CC[C@H]2[C@@H]3[C@H](O)C[C@@H]4C[C@@H](OCCNC(=O)CCC(=O)NCCCNC(=O)CCC(C)C5CC[C@H]6[C@@H]7[C@H](O)C[C@@H]8C[C@H](OC(c9ccccc9)c9ccccc9)CC[C@]8(C)[C@H]7C[C@H](O)[C@]56C)CC[C@]4(C)[C@H]3C[C@H](O)[C@]12C. The number of amides is 3. The number of aliphatic carboxylic acids is 1. The number of aliphatic hydroxyl groups is 4. The molecule has 84 heavy (non-hydrogen) atoms. The zero-order valence-electron chi connectivity index (χ0n) is 51.6. The van der Waals surface area contributed by atoms with E-state index in [2.05, 4.69) is 106 Å². The highest BCUT2D eigenvalue weighted by Crippen LogP contribution is 2.70. The zero-order valence-corrected chi connectivity index (χ0v) is 51.6. The minimum absolute atomic E-state index is 0.00475. The van der Waals surface area contributed by atoms with E-state index in [1.54, 1.807) is 0 Å². The van der Waals surface area contributed by atoms with Gasteiger partial charge in [-0.2, -0.15) is 0 Å². The highest BCUT2D eigenvalue weighted by molar-refractivity contribution is 5.83. The first-order valence-electron chi connectivity index (χ1n) is 33.3. The van der Waals surface area contributed by atoms with Crippen molar-refractivity contribution in [3.8, 4) is 0 Å². The van der Waals surface area contributed by atoms with E-state index in [0.717, 1.165) is 94.6 Å². The number of carboxylic acid groups (broad SMARTS) is 1. The first-order valence-corrected chi connectivity index (χ1v) is 33.3. The number of nitrogens with one attached hydrogen (secondary N) is 3. The summed E-state index contributed by atoms with van der Waals surface area (Å²) in [6.45, 7) is 15.3. The number of carboxylic acids is 1. The molecule has 8 fully saturated rings. The molecule has 8 N–H and O–H groups in total. The summed E-state index contributed by atoms with van der Waals surface area (Å²) in [6, 6.07) is 21.0. The Balaban J connectivity index is 0.591. The van der Waals surface area contributed by atoms with Crippen molar-refractivity contribution >= 4 is 23.7 Å². The second-order valence-electron chi connectivity index (χ2n) is 29.5. The molecule has 0 heterocycles. The number of aliphatic hydroxyl groups excluding tert-OH is 4. The number of hydrogen-bond donors (Lipinski definition) is 8. The molecule has 8 saturated carbocycles. The maximum atomic E-state index is 13.1. The summed E-state index contributed by atoms with van der Waals surface area (Å²) < 4.78 is 13.4. The van der Waals surface area contributed by atoms with E-state index >= 15 is 0 Å². The van der Waals surface area contributed by atoms with Gasteiger partial charge in [-0.25, -0.2) is 0 Å². The Bertz CT molecular complexity index is 2520. The largest absolute Gasteiger partial charge is 0.481 e.